The van der Waals surface area contributed by atoms with Gasteiger partial charge >= 0.3 is 0 Å². The predicted molar refractivity (Wildman–Crippen MR) is 503 cm³/mol. The van der Waals surface area contributed by atoms with Gasteiger partial charge in [-0.2, -0.15) is 0 Å². The third-order valence-electron chi connectivity index (χ3n) is 26.9. The molecule has 18 nitrogen and oxygen atoms in total. The Balaban J connectivity index is 0.000000127. The van der Waals surface area contributed by atoms with Crippen molar-refractivity contribution in [2.45, 2.75) is 226 Å². The van der Waals surface area contributed by atoms with Crippen LogP contribution in [0.1, 0.15) is 265 Å². The van der Waals surface area contributed by atoms with Gasteiger partial charge in [-0.1, -0.05) is 190 Å². The highest BCUT2D eigenvalue weighted by Crippen LogP contribution is 2.39. The molecule has 0 atom stereocenters. The van der Waals surface area contributed by atoms with Crippen LogP contribution in [0, 0.1) is 49.4 Å². The van der Waals surface area contributed by atoms with Gasteiger partial charge in [0, 0.05) is 197 Å². The number of aromatic nitrogens is 12. The molecule has 0 amide bonds. The first kappa shape index (κ1) is 87.1. The lowest BCUT2D eigenvalue weighted by molar-refractivity contribution is 0.148. The molecule has 18 heteroatoms. The number of rotatable bonds is 23. The van der Waals surface area contributed by atoms with E-state index in [9.17, 15) is 0 Å². The van der Waals surface area contributed by atoms with E-state index in [1.165, 1.54) is 196 Å². The molecule has 0 spiro atoms. The van der Waals surface area contributed by atoms with Crippen LogP contribution in [0.15, 0.2) is 146 Å². The standard InChI is InChI=1S/C27H33N5.C26H31N5.2C26H32N4/c1-3-26-28-19-23-18-25(32(27(23)29-26)24-7-5-4-6-8-24)17-21-9-11-22(12-10-21)20-31-15-13-30(2)14-16-31;1-3-25-27-19-21-18-24(31(26(21)28-25)23-7-5-4-6-8-23)17-20-9-11-22(12-10-20)30-15-13-29(2)14-16-30;2*1-4-25-27-18-22-17-24(30(26(22)28-25)23-10-8-7-9-11-23)16-20-12-14-21(15-13-20)19-29(5-2)6-3/h1,9-12,18-19,24H,4-8,13-17,20H2,2H3;1,9-12,18-19,23H,4-8,13-17H2,2H3;2*1,12-15,17-18,23H,5-11,16,19H2,2-3H3/i4*2-1. The molecular formula is C105H128N18. The number of piperazine rings is 2. The van der Waals surface area contributed by atoms with Gasteiger partial charge in [0.1, 0.15) is 22.6 Å². The Morgan fingerprint density at radius 2 is 0.569 bits per heavy atom. The molecular weight excluding hydrogens is 1510 g/mol. The largest absolute Gasteiger partial charge is 0.369 e. The number of likely N-dealkylation sites (N-methyl/N-ethyl adjacent to an activating group) is 2. The van der Waals surface area contributed by atoms with Crippen LogP contribution in [-0.4, -0.2) is 175 Å². The minimum absolute atomic E-state index is 0.477. The topological polar surface area (TPSA) is 142 Å². The van der Waals surface area contributed by atoms with Gasteiger partial charge in [-0.15, -0.1) is 25.7 Å². The van der Waals surface area contributed by atoms with Gasteiger partial charge in [0.15, 0.2) is 0 Å². The van der Waals surface area contributed by atoms with E-state index in [2.05, 4.69) is 254 Å². The van der Waals surface area contributed by atoms with Crippen molar-refractivity contribution >= 4 is 49.8 Å². The van der Waals surface area contributed by atoms with E-state index in [-0.39, 0.29) is 0 Å². The maximum absolute atomic E-state index is 5.60. The fraction of sp³-hybridized carbons (Fsp3) is 0.467. The van der Waals surface area contributed by atoms with Gasteiger partial charge in [-0.25, -0.2) is 39.9 Å². The molecule has 8 aromatic heterocycles. The second kappa shape index (κ2) is 42.5. The first-order chi connectivity index (χ1) is 60.3. The summed E-state index contributed by atoms with van der Waals surface area (Å²) in [6.45, 7) is 25.4. The highest BCUT2D eigenvalue weighted by atomic mass is 15.2. The molecule has 638 valence electrons. The van der Waals surface area contributed by atoms with Gasteiger partial charge in [-0.3, -0.25) is 14.7 Å². The molecule has 0 bridgehead atoms. The highest BCUT2D eigenvalue weighted by Gasteiger charge is 2.28. The first-order valence-electron chi connectivity index (χ1n) is 46.3. The van der Waals surface area contributed by atoms with E-state index in [0.29, 0.717) is 47.5 Å². The number of hydrogen-bond acceptors (Lipinski definition) is 14. The van der Waals surface area contributed by atoms with Crippen molar-refractivity contribution in [1.82, 2.24) is 82.6 Å². The fourth-order valence-corrected chi connectivity index (χ4v) is 19.7. The third kappa shape index (κ3) is 22.1. The Morgan fingerprint density at radius 1 is 0.317 bits per heavy atom. The number of fused-ring (bicyclic) bond motifs is 4. The van der Waals surface area contributed by atoms with Crippen molar-refractivity contribution < 1.29 is 0 Å². The number of terminal acetylenes is 4. The molecule has 2 saturated heterocycles. The lowest BCUT2D eigenvalue weighted by Crippen LogP contribution is -2.44. The number of benzene rings is 4. The fourth-order valence-electron chi connectivity index (χ4n) is 19.7. The van der Waals surface area contributed by atoms with Gasteiger partial charge in [-0.05, 0) is 191 Å². The van der Waals surface area contributed by atoms with Crippen LogP contribution in [0.4, 0.5) is 5.69 Å². The van der Waals surface area contributed by atoms with E-state index in [0.717, 1.165) is 168 Å². The first-order valence-corrected chi connectivity index (χ1v) is 46.3. The Bertz CT molecular complexity index is 5420. The minimum Gasteiger partial charge on any atom is -0.369 e. The molecule has 4 aromatic carbocycles. The average molecular weight is 1640 g/mol. The van der Waals surface area contributed by atoms with Crippen molar-refractivity contribution in [3.8, 4) is 49.4 Å². The summed E-state index contributed by atoms with van der Waals surface area (Å²) in [6.07, 6.45) is 58.9. The van der Waals surface area contributed by atoms with Crippen LogP contribution >= 0.6 is 0 Å². The molecule has 2 aliphatic heterocycles. The van der Waals surface area contributed by atoms with Crippen LogP contribution in [-0.2, 0) is 45.3 Å². The Morgan fingerprint density at radius 3 is 0.837 bits per heavy atom. The van der Waals surface area contributed by atoms with Crippen LogP contribution in [0.25, 0.3) is 44.1 Å². The molecule has 0 radical (unpaired) electrons. The molecule has 6 fully saturated rings. The van der Waals surface area contributed by atoms with Gasteiger partial charge < -0.3 is 33.0 Å². The lowest BCUT2D eigenvalue weighted by Gasteiger charge is -2.34. The quantitative estimate of drug-likeness (QED) is 0.0561. The van der Waals surface area contributed by atoms with Gasteiger partial charge in [0.05, 0.1) is 0 Å². The maximum atomic E-state index is 5.60. The normalized spacial score (nSPS) is 16.8. The summed E-state index contributed by atoms with van der Waals surface area (Å²) in [5.74, 6) is 12.3. The van der Waals surface area contributed by atoms with E-state index >= 15 is 0 Å². The van der Waals surface area contributed by atoms with Crippen LogP contribution < -0.4 is 4.90 Å². The minimum atomic E-state index is 0.477. The zero-order chi connectivity index (χ0) is 85.0. The zero-order valence-electron chi connectivity index (χ0n) is 74.1. The molecule has 4 saturated carbocycles. The second-order valence-corrected chi connectivity index (χ2v) is 35.3. The van der Waals surface area contributed by atoms with Crippen molar-refractivity contribution in [3.63, 3.8) is 0 Å². The molecule has 18 rings (SSSR count). The summed E-state index contributed by atoms with van der Waals surface area (Å²) in [7, 11) is 4.40. The van der Waals surface area contributed by atoms with Crippen molar-refractivity contribution in [1.29, 1.82) is 0 Å². The van der Waals surface area contributed by atoms with Crippen molar-refractivity contribution in [2.24, 2.45) is 0 Å². The molecule has 123 heavy (non-hydrogen) atoms. The number of hydrogen-bond donors (Lipinski definition) is 0. The molecule has 0 unspecified atom stereocenters. The van der Waals surface area contributed by atoms with Gasteiger partial charge in [0.25, 0.3) is 0 Å². The number of anilines is 1. The highest BCUT2D eigenvalue weighted by molar-refractivity contribution is 5.80. The van der Waals surface area contributed by atoms with Crippen LogP contribution in [0.5, 0.6) is 0 Å². The molecule has 6 aliphatic rings. The summed E-state index contributed by atoms with van der Waals surface area (Å²) in [5.41, 5.74) is 20.1. The predicted octanol–water partition coefficient (Wildman–Crippen LogP) is 19.2. The second-order valence-electron chi connectivity index (χ2n) is 35.3. The smallest absolute Gasteiger partial charge is 0.206 e. The maximum Gasteiger partial charge on any atom is 0.206 e. The van der Waals surface area contributed by atoms with E-state index in [4.69, 9.17) is 45.6 Å². The summed E-state index contributed by atoms with van der Waals surface area (Å²) >= 11 is 0. The SMILES string of the molecule is C#Cc1ncc2cc(Cc3ccc(CN(CC)C[11CH3])cc3)n(C3CCCCC3)c2n1.C#Cc1ncc2cc(Cc3ccc(CN(CC)C[11CH3])cc3)n(C3CCCCC3)c2n1.C#Cc1ncc2cc(Cc3ccc(CN4CCN([11CH3])CC4)cc3)n(C3CCCCC3)c2n1.C#Cc1ncc2cc(Cc3ccc(N4CCN([11CH3])CC4)cc3)n(C3CCCCC3)c2n1. The molecule has 10 heterocycles. The summed E-state index contributed by atoms with van der Waals surface area (Å²) in [4.78, 5) is 50.9. The Kier molecular flexibility index (Phi) is 30.1. The van der Waals surface area contributed by atoms with Gasteiger partial charge in [0.2, 0.25) is 23.3 Å². The average Bonchev–Trinajstić information content (AvgIpc) is 1.64. The van der Waals surface area contributed by atoms with Crippen molar-refractivity contribution in [3.05, 3.63) is 231 Å². The Labute approximate surface area is 731 Å². The van der Waals surface area contributed by atoms with E-state index in [1.807, 2.05) is 24.8 Å². The molecule has 4 aliphatic carbocycles. The lowest BCUT2D eigenvalue weighted by atomic mass is 9.95. The van der Waals surface area contributed by atoms with E-state index in [1.54, 1.807) is 0 Å². The summed E-state index contributed by atoms with van der Waals surface area (Å²) < 4.78 is 9.85. The molecule has 0 N–H and O–H groups in total. The number of nitrogens with zero attached hydrogens (tertiary/aromatic N) is 18. The third-order valence-corrected chi connectivity index (χ3v) is 26.9. The monoisotopic (exact) mass is 1640 g/mol. The summed E-state index contributed by atoms with van der Waals surface area (Å²) in [6, 6.07) is 47.6. The van der Waals surface area contributed by atoms with Crippen molar-refractivity contribution in [2.75, 3.05) is 97.5 Å². The molecule has 12 aromatic rings. The van der Waals surface area contributed by atoms with E-state index < -0.39 is 0 Å². The zero-order valence-corrected chi connectivity index (χ0v) is 74.1. The van der Waals surface area contributed by atoms with Crippen LogP contribution in [0.2, 0.25) is 0 Å². The summed E-state index contributed by atoms with van der Waals surface area (Å²) in [5, 5.41) is 4.37. The van der Waals surface area contributed by atoms with Crippen LogP contribution in [0.3, 0.4) is 0 Å². The Hall–Kier alpha value is -10.8.